The summed E-state index contributed by atoms with van der Waals surface area (Å²) in [5.74, 6) is -0.0820. The lowest BCUT2D eigenvalue weighted by Crippen LogP contribution is -2.33. The maximum atomic E-state index is 12.1. The maximum Gasteiger partial charge on any atom is 0.254 e. The van der Waals surface area contributed by atoms with Gasteiger partial charge < -0.3 is 5.32 Å². The van der Waals surface area contributed by atoms with Crippen LogP contribution in [0, 0.1) is 0 Å². The van der Waals surface area contributed by atoms with Gasteiger partial charge in [0.05, 0.1) is 11.8 Å². The van der Waals surface area contributed by atoms with Crippen molar-refractivity contribution in [1.82, 2.24) is 15.1 Å². The lowest BCUT2D eigenvalue weighted by atomic mass is 10.0. The molecule has 3 rings (SSSR count). The molecule has 112 valence electrons. The zero-order valence-electron chi connectivity index (χ0n) is 12.8. The lowest BCUT2D eigenvalue weighted by molar-refractivity contribution is 0.0940. The number of hydrogen-bond acceptors (Lipinski definition) is 2. The molecule has 4 heteroatoms. The standard InChI is InChI=1S/C18H19N3O/c1-13(20-18(22)17-11-19-21(2)12-17)9-14-7-8-15-5-3-4-6-16(15)10-14/h3-8,10-13H,9H2,1-2H3,(H,20,22)/t13-/m1/s1. The molecule has 0 radical (unpaired) electrons. The fourth-order valence-electron chi connectivity index (χ4n) is 2.62. The molecule has 4 nitrogen and oxygen atoms in total. The van der Waals surface area contributed by atoms with Crippen LogP contribution in [0.15, 0.2) is 54.9 Å². The third kappa shape index (κ3) is 3.17. The fourth-order valence-corrected chi connectivity index (χ4v) is 2.62. The Morgan fingerprint density at radius 1 is 1.23 bits per heavy atom. The highest BCUT2D eigenvalue weighted by Gasteiger charge is 2.12. The highest BCUT2D eigenvalue weighted by Crippen LogP contribution is 2.16. The number of aromatic nitrogens is 2. The van der Waals surface area contributed by atoms with Crippen LogP contribution in [0.1, 0.15) is 22.8 Å². The SMILES string of the molecule is C[C@H](Cc1ccc2ccccc2c1)NC(=O)c1cnn(C)c1. The van der Waals surface area contributed by atoms with Gasteiger partial charge in [0.2, 0.25) is 0 Å². The number of amides is 1. The van der Waals surface area contributed by atoms with Gasteiger partial charge in [-0.1, -0.05) is 42.5 Å². The molecule has 0 fully saturated rings. The molecule has 0 unspecified atom stereocenters. The second-order valence-corrected chi connectivity index (χ2v) is 5.66. The summed E-state index contributed by atoms with van der Waals surface area (Å²) < 4.78 is 1.63. The highest BCUT2D eigenvalue weighted by molar-refractivity contribution is 5.93. The molecule has 0 aliphatic carbocycles. The number of benzene rings is 2. The van der Waals surface area contributed by atoms with Crippen molar-refractivity contribution >= 4 is 16.7 Å². The van der Waals surface area contributed by atoms with Gasteiger partial charge in [0, 0.05) is 19.3 Å². The molecule has 22 heavy (non-hydrogen) atoms. The number of fused-ring (bicyclic) bond motifs is 1. The summed E-state index contributed by atoms with van der Waals surface area (Å²) in [7, 11) is 1.80. The van der Waals surface area contributed by atoms with Gasteiger partial charge in [-0.2, -0.15) is 5.10 Å². The number of carbonyl (C=O) groups excluding carboxylic acids is 1. The predicted octanol–water partition coefficient (Wildman–Crippen LogP) is 2.93. The number of aryl methyl sites for hydroxylation is 1. The van der Waals surface area contributed by atoms with Crippen molar-refractivity contribution in [2.24, 2.45) is 7.05 Å². The molecule has 2 aromatic carbocycles. The number of nitrogens with zero attached hydrogens (tertiary/aromatic N) is 2. The quantitative estimate of drug-likeness (QED) is 0.804. The van der Waals surface area contributed by atoms with Crippen LogP contribution in [0.2, 0.25) is 0 Å². The van der Waals surface area contributed by atoms with Gasteiger partial charge in [0.15, 0.2) is 0 Å². The van der Waals surface area contributed by atoms with Gasteiger partial charge in [0.1, 0.15) is 0 Å². The molecule has 0 saturated heterocycles. The summed E-state index contributed by atoms with van der Waals surface area (Å²) in [5.41, 5.74) is 1.81. The molecule has 0 bridgehead atoms. The average Bonchev–Trinajstić information content (AvgIpc) is 2.94. The molecule has 3 aromatic rings. The summed E-state index contributed by atoms with van der Waals surface area (Å²) in [6.45, 7) is 2.02. The Labute approximate surface area is 129 Å². The molecule has 0 aliphatic rings. The summed E-state index contributed by atoms with van der Waals surface area (Å²) in [6.07, 6.45) is 4.10. The normalized spacial score (nSPS) is 12.3. The van der Waals surface area contributed by atoms with Crippen molar-refractivity contribution in [1.29, 1.82) is 0 Å². The molecule has 0 saturated carbocycles. The maximum absolute atomic E-state index is 12.1. The van der Waals surface area contributed by atoms with Gasteiger partial charge in [-0.25, -0.2) is 0 Å². The predicted molar refractivity (Wildman–Crippen MR) is 87.8 cm³/mol. The zero-order chi connectivity index (χ0) is 15.5. The first kappa shape index (κ1) is 14.3. The monoisotopic (exact) mass is 293 g/mol. The molecule has 1 amide bonds. The van der Waals surface area contributed by atoms with Gasteiger partial charge in [-0.3, -0.25) is 9.48 Å². The third-order valence-electron chi connectivity index (χ3n) is 3.70. The van der Waals surface area contributed by atoms with Crippen molar-refractivity contribution in [2.75, 3.05) is 0 Å². The molecule has 0 aliphatic heterocycles. The second-order valence-electron chi connectivity index (χ2n) is 5.66. The molecule has 1 heterocycles. The van der Waals surface area contributed by atoms with Crippen LogP contribution >= 0.6 is 0 Å². The first-order valence-electron chi connectivity index (χ1n) is 7.39. The number of hydrogen-bond donors (Lipinski definition) is 1. The Bertz CT molecular complexity index is 807. The van der Waals surface area contributed by atoms with E-state index in [1.165, 1.54) is 16.3 Å². The Hall–Kier alpha value is -2.62. The van der Waals surface area contributed by atoms with E-state index in [4.69, 9.17) is 0 Å². The summed E-state index contributed by atoms with van der Waals surface area (Å²) >= 11 is 0. The minimum Gasteiger partial charge on any atom is -0.349 e. The average molecular weight is 293 g/mol. The van der Waals surface area contributed by atoms with E-state index in [-0.39, 0.29) is 11.9 Å². The van der Waals surface area contributed by atoms with Crippen LogP contribution in [0.5, 0.6) is 0 Å². The number of rotatable bonds is 4. The summed E-state index contributed by atoms with van der Waals surface area (Å²) in [5, 5.41) is 9.49. The molecular weight excluding hydrogens is 274 g/mol. The summed E-state index contributed by atoms with van der Waals surface area (Å²) in [6, 6.07) is 14.8. The van der Waals surface area contributed by atoms with Gasteiger partial charge in [-0.05, 0) is 29.7 Å². The van der Waals surface area contributed by atoms with E-state index in [1.807, 2.05) is 19.1 Å². The Balaban J connectivity index is 1.67. The van der Waals surface area contributed by atoms with Crippen molar-refractivity contribution in [3.8, 4) is 0 Å². The van der Waals surface area contributed by atoms with Crippen LogP contribution in [0.3, 0.4) is 0 Å². The van der Waals surface area contributed by atoms with Gasteiger partial charge in [-0.15, -0.1) is 0 Å². The van der Waals surface area contributed by atoms with E-state index in [2.05, 4.69) is 40.7 Å². The van der Waals surface area contributed by atoms with Crippen LogP contribution in [0.4, 0.5) is 0 Å². The largest absolute Gasteiger partial charge is 0.349 e. The lowest BCUT2D eigenvalue weighted by Gasteiger charge is -2.13. The van der Waals surface area contributed by atoms with E-state index >= 15 is 0 Å². The molecular formula is C18H19N3O. The zero-order valence-corrected chi connectivity index (χ0v) is 12.8. The van der Waals surface area contributed by atoms with Crippen LogP contribution in [-0.4, -0.2) is 21.7 Å². The molecule has 1 aromatic heterocycles. The Morgan fingerprint density at radius 2 is 2.00 bits per heavy atom. The van der Waals surface area contributed by atoms with E-state index in [1.54, 1.807) is 24.1 Å². The summed E-state index contributed by atoms with van der Waals surface area (Å²) in [4.78, 5) is 12.1. The topological polar surface area (TPSA) is 46.9 Å². The molecule has 0 spiro atoms. The Morgan fingerprint density at radius 3 is 2.73 bits per heavy atom. The van der Waals surface area contributed by atoms with E-state index < -0.39 is 0 Å². The van der Waals surface area contributed by atoms with Crippen molar-refractivity contribution < 1.29 is 4.79 Å². The van der Waals surface area contributed by atoms with Crippen molar-refractivity contribution in [3.05, 3.63) is 66.0 Å². The molecule has 1 N–H and O–H groups in total. The number of nitrogens with one attached hydrogen (secondary N) is 1. The third-order valence-corrected chi connectivity index (χ3v) is 3.70. The van der Waals surface area contributed by atoms with Crippen LogP contribution < -0.4 is 5.32 Å². The molecule has 1 atom stereocenters. The van der Waals surface area contributed by atoms with Gasteiger partial charge in [0.25, 0.3) is 5.91 Å². The smallest absolute Gasteiger partial charge is 0.254 e. The fraction of sp³-hybridized carbons (Fsp3) is 0.222. The Kier molecular flexibility index (Phi) is 3.92. The number of carbonyl (C=O) groups is 1. The highest BCUT2D eigenvalue weighted by atomic mass is 16.1. The van der Waals surface area contributed by atoms with E-state index in [9.17, 15) is 4.79 Å². The van der Waals surface area contributed by atoms with Crippen molar-refractivity contribution in [2.45, 2.75) is 19.4 Å². The minimum atomic E-state index is -0.0820. The second kappa shape index (κ2) is 6.02. The van der Waals surface area contributed by atoms with E-state index in [0.29, 0.717) is 5.56 Å². The first-order valence-corrected chi connectivity index (χ1v) is 7.39. The van der Waals surface area contributed by atoms with E-state index in [0.717, 1.165) is 6.42 Å². The first-order chi connectivity index (χ1) is 10.6. The van der Waals surface area contributed by atoms with Crippen LogP contribution in [-0.2, 0) is 13.5 Å². The van der Waals surface area contributed by atoms with Crippen LogP contribution in [0.25, 0.3) is 10.8 Å². The minimum absolute atomic E-state index is 0.0638. The van der Waals surface area contributed by atoms with Gasteiger partial charge >= 0.3 is 0 Å². The van der Waals surface area contributed by atoms with Crippen molar-refractivity contribution in [3.63, 3.8) is 0 Å².